The van der Waals surface area contributed by atoms with Crippen molar-refractivity contribution >= 4 is 87.3 Å². The Morgan fingerprint density at radius 1 is 0.583 bits per heavy atom. The van der Waals surface area contributed by atoms with Crippen molar-refractivity contribution in [3.8, 4) is 0 Å². The molecule has 0 radical (unpaired) electrons. The van der Waals surface area contributed by atoms with Gasteiger partial charge in [-0.3, -0.25) is 0 Å². The van der Waals surface area contributed by atoms with E-state index < -0.39 is 18.1 Å². The van der Waals surface area contributed by atoms with Crippen LogP contribution in [0, 0.1) is 0 Å². The van der Waals surface area contributed by atoms with Crippen molar-refractivity contribution in [1.82, 2.24) is 0 Å². The van der Waals surface area contributed by atoms with Gasteiger partial charge in [0.15, 0.2) is 0 Å². The van der Waals surface area contributed by atoms with Gasteiger partial charge in [0.25, 0.3) is 0 Å². The molecule has 0 rings (SSSR count). The monoisotopic (exact) mass is 240 g/mol. The molecule has 0 N–H and O–H groups in total. The molecule has 0 aliphatic carbocycles. The van der Waals surface area contributed by atoms with Crippen LogP contribution in [0.4, 0.5) is 0 Å². The molecule has 0 heterocycles. The van der Waals surface area contributed by atoms with E-state index in [1.807, 2.05) is 0 Å². The van der Waals surface area contributed by atoms with Crippen LogP contribution in [0.3, 0.4) is 0 Å². The van der Waals surface area contributed by atoms with Crippen LogP contribution in [0.25, 0.3) is 0 Å². The SMILES string of the molecule is [Mg+2].[Mg+2].[Mg+2].[O-][Si]([O-])([O-])O[Si]([O-])([O-])[O-]. The number of hydrogen-bond acceptors (Lipinski definition) is 7. The molecule has 0 atom stereocenters. The molecule has 0 saturated heterocycles. The third-order valence-electron chi connectivity index (χ3n) is 0.250. The Kier molecular flexibility index (Phi) is 17.4. The van der Waals surface area contributed by atoms with E-state index in [-0.39, 0.29) is 69.2 Å². The van der Waals surface area contributed by atoms with Crippen LogP contribution in [0.1, 0.15) is 0 Å². The van der Waals surface area contributed by atoms with E-state index in [1.165, 1.54) is 0 Å². The van der Waals surface area contributed by atoms with Crippen LogP contribution in [0.15, 0.2) is 0 Å². The third kappa shape index (κ3) is 22.9. The van der Waals surface area contributed by atoms with Crippen molar-refractivity contribution in [2.75, 3.05) is 0 Å². The largest absolute Gasteiger partial charge is 2.00 e. The zero-order chi connectivity index (χ0) is 7.71. The van der Waals surface area contributed by atoms with Crippen molar-refractivity contribution < 1.29 is 32.9 Å². The summed E-state index contributed by atoms with van der Waals surface area (Å²) in [5.41, 5.74) is 0. The second-order valence-electron chi connectivity index (χ2n) is 1.10. The average Bonchev–Trinajstić information content (AvgIpc) is 1.14. The van der Waals surface area contributed by atoms with Crippen molar-refractivity contribution in [2.24, 2.45) is 0 Å². The summed E-state index contributed by atoms with van der Waals surface area (Å²) in [7, 11) is -11.8. The minimum Gasteiger partial charge on any atom is -0.862 e. The van der Waals surface area contributed by atoms with Gasteiger partial charge >= 0.3 is 69.2 Å². The topological polar surface area (TPSA) is 148 Å². The van der Waals surface area contributed by atoms with E-state index >= 15 is 0 Å². The fraction of sp³-hybridized carbons (Fsp3) is 0. The first-order chi connectivity index (χ1) is 3.71. The van der Waals surface area contributed by atoms with Crippen molar-refractivity contribution in [3.05, 3.63) is 0 Å². The van der Waals surface area contributed by atoms with Gasteiger partial charge in [-0.25, -0.2) is 0 Å². The fourth-order valence-electron chi connectivity index (χ4n) is 0.153. The van der Waals surface area contributed by atoms with E-state index in [1.54, 1.807) is 0 Å². The first-order valence-corrected chi connectivity index (χ1v) is 4.90. The summed E-state index contributed by atoms with van der Waals surface area (Å²) in [6.07, 6.45) is 0. The van der Waals surface area contributed by atoms with Gasteiger partial charge in [0.2, 0.25) is 0 Å². The Labute approximate surface area is 119 Å². The van der Waals surface area contributed by atoms with Gasteiger partial charge in [-0.05, 0) is 0 Å². The van der Waals surface area contributed by atoms with Gasteiger partial charge in [0.1, 0.15) is 0 Å². The molecule has 0 unspecified atom stereocenters. The van der Waals surface area contributed by atoms with E-state index in [0.717, 1.165) is 0 Å². The molecule has 0 fully saturated rings. The molecule has 0 bridgehead atoms. The second kappa shape index (κ2) is 8.74. The molecule has 56 valence electrons. The molecule has 0 aromatic carbocycles. The molecule has 0 amide bonds. The molecule has 0 saturated carbocycles. The second-order valence-corrected chi connectivity index (χ2v) is 3.92. The maximum absolute atomic E-state index is 9.36. The predicted octanol–water partition coefficient (Wildman–Crippen LogP) is -9.11. The Morgan fingerprint density at radius 2 is 0.750 bits per heavy atom. The summed E-state index contributed by atoms with van der Waals surface area (Å²) < 4.78 is 2.57. The van der Waals surface area contributed by atoms with Crippen LogP contribution in [-0.2, 0) is 4.12 Å². The minimum atomic E-state index is -5.92. The van der Waals surface area contributed by atoms with Crippen LogP contribution < -0.4 is 28.8 Å². The Bertz CT molecular complexity index is 81.8. The Morgan fingerprint density at radius 3 is 0.750 bits per heavy atom. The standard InChI is InChI=1S/3Mg.O7Si2/c;;;1-8(2,3)7-9(4,5)6/q3*+2;-6. The molecule has 0 aromatic rings. The molecule has 7 nitrogen and oxygen atoms in total. The zero-order valence-corrected chi connectivity index (χ0v) is 12.2. The van der Waals surface area contributed by atoms with Crippen LogP contribution in [-0.4, -0.2) is 87.3 Å². The first kappa shape index (κ1) is 23.9. The van der Waals surface area contributed by atoms with Gasteiger partial charge in [0.05, 0.1) is 0 Å². The Hall–Kier alpha value is 2.45. The van der Waals surface area contributed by atoms with Crippen LogP contribution in [0.2, 0.25) is 0 Å². The summed E-state index contributed by atoms with van der Waals surface area (Å²) in [6, 6.07) is 0. The van der Waals surface area contributed by atoms with Crippen molar-refractivity contribution in [1.29, 1.82) is 0 Å². The summed E-state index contributed by atoms with van der Waals surface area (Å²) >= 11 is 0. The normalized spacial score (nSPS) is 10.5. The molecule has 0 spiro atoms. The van der Waals surface area contributed by atoms with E-state index in [4.69, 9.17) is 0 Å². The fourth-order valence-corrected chi connectivity index (χ4v) is 1.38. The molecule has 0 aliphatic heterocycles. The predicted molar refractivity (Wildman–Crippen MR) is 29.9 cm³/mol. The molecule has 0 aromatic heterocycles. The summed E-state index contributed by atoms with van der Waals surface area (Å²) in [4.78, 5) is 56.2. The maximum atomic E-state index is 9.36. The van der Waals surface area contributed by atoms with E-state index in [9.17, 15) is 28.8 Å². The Balaban J connectivity index is -0.000000107. The molecule has 12 heteroatoms. The summed E-state index contributed by atoms with van der Waals surface area (Å²) in [5, 5.41) is 0. The van der Waals surface area contributed by atoms with Gasteiger partial charge < -0.3 is 32.9 Å². The molecule has 12 heavy (non-hydrogen) atoms. The number of hydrogen-bond donors (Lipinski definition) is 0. The third-order valence-corrected chi connectivity index (χ3v) is 2.25. The average molecular weight is 241 g/mol. The van der Waals surface area contributed by atoms with Crippen LogP contribution in [0.5, 0.6) is 0 Å². The van der Waals surface area contributed by atoms with Gasteiger partial charge in [0, 0.05) is 0 Å². The van der Waals surface area contributed by atoms with E-state index in [0.29, 0.717) is 0 Å². The first-order valence-electron chi connectivity index (χ1n) is 1.63. The summed E-state index contributed by atoms with van der Waals surface area (Å²) in [5.74, 6) is 0. The molecular formula is Mg3O7Si2. The molecule has 0 aliphatic rings. The number of rotatable bonds is 2. The van der Waals surface area contributed by atoms with Gasteiger partial charge in [-0.15, -0.1) is 18.1 Å². The molecular weight excluding hydrogens is 241 g/mol. The summed E-state index contributed by atoms with van der Waals surface area (Å²) in [6.45, 7) is 0. The zero-order valence-electron chi connectivity index (χ0n) is 5.98. The van der Waals surface area contributed by atoms with Crippen molar-refractivity contribution in [2.45, 2.75) is 0 Å². The van der Waals surface area contributed by atoms with E-state index in [2.05, 4.69) is 4.12 Å². The van der Waals surface area contributed by atoms with Crippen LogP contribution >= 0.6 is 0 Å². The van der Waals surface area contributed by atoms with Gasteiger partial charge in [-0.2, -0.15) is 0 Å². The van der Waals surface area contributed by atoms with Gasteiger partial charge in [-0.1, -0.05) is 0 Å². The van der Waals surface area contributed by atoms with Crippen molar-refractivity contribution in [3.63, 3.8) is 0 Å². The quantitative estimate of drug-likeness (QED) is 0.435. The maximum Gasteiger partial charge on any atom is 2.00 e. The smallest absolute Gasteiger partial charge is 0.862 e. The minimum absolute atomic E-state index is 0.